The molecule has 1 atom stereocenters. The minimum atomic E-state index is -0.396. The van der Waals surface area contributed by atoms with E-state index in [9.17, 15) is 4.79 Å². The molecule has 0 radical (unpaired) electrons. The van der Waals surface area contributed by atoms with Crippen LogP contribution in [0.3, 0.4) is 0 Å². The Labute approximate surface area is 137 Å². The summed E-state index contributed by atoms with van der Waals surface area (Å²) in [7, 11) is 0. The first kappa shape index (κ1) is 18.3. The first-order valence-corrected chi connectivity index (χ1v) is 8.11. The molecule has 0 spiro atoms. The average Bonchev–Trinajstić information content (AvgIpc) is 2.43. The topological polar surface area (TPSA) is 29.5 Å². The van der Waals surface area contributed by atoms with E-state index in [-0.39, 0.29) is 6.10 Å². The molecule has 1 unspecified atom stereocenters. The van der Waals surface area contributed by atoms with Crippen molar-refractivity contribution < 1.29 is 9.53 Å². The van der Waals surface area contributed by atoms with E-state index in [0.717, 1.165) is 32.5 Å². The van der Waals surface area contributed by atoms with Gasteiger partial charge in [0.2, 0.25) is 0 Å². The average molecular weight is 332 g/mol. The van der Waals surface area contributed by atoms with Gasteiger partial charge in [0.25, 0.3) is 0 Å². The highest BCUT2D eigenvalue weighted by Crippen LogP contribution is 2.22. The van der Waals surface area contributed by atoms with E-state index in [1.807, 2.05) is 6.92 Å². The Hall–Kier alpha value is -0.770. The molecule has 0 saturated heterocycles. The van der Waals surface area contributed by atoms with Gasteiger partial charge in [0, 0.05) is 5.02 Å². The molecule has 0 aliphatic heterocycles. The SMILES string of the molecule is CCN(CC)CCCC(C)OC(=O)c1ccc(Cl)cc1Cl. The molecule has 3 nitrogen and oxygen atoms in total. The number of nitrogens with zero attached hydrogens (tertiary/aromatic N) is 1. The van der Waals surface area contributed by atoms with Crippen LogP contribution in [-0.2, 0) is 4.74 Å². The van der Waals surface area contributed by atoms with Crippen molar-refractivity contribution in [2.75, 3.05) is 19.6 Å². The summed E-state index contributed by atoms with van der Waals surface area (Å²) in [6, 6.07) is 4.77. The van der Waals surface area contributed by atoms with Gasteiger partial charge in [0.05, 0.1) is 16.7 Å². The highest BCUT2D eigenvalue weighted by Gasteiger charge is 2.15. The minimum Gasteiger partial charge on any atom is -0.459 e. The van der Waals surface area contributed by atoms with Gasteiger partial charge in [-0.1, -0.05) is 37.0 Å². The van der Waals surface area contributed by atoms with E-state index >= 15 is 0 Å². The maximum Gasteiger partial charge on any atom is 0.339 e. The number of carbonyl (C=O) groups excluding carboxylic acids is 1. The van der Waals surface area contributed by atoms with Crippen molar-refractivity contribution in [1.29, 1.82) is 0 Å². The molecule has 1 aromatic carbocycles. The molecule has 0 aliphatic carbocycles. The van der Waals surface area contributed by atoms with E-state index in [4.69, 9.17) is 27.9 Å². The predicted octanol–water partition coefficient (Wildman–Crippen LogP) is 4.66. The van der Waals surface area contributed by atoms with Crippen molar-refractivity contribution in [3.8, 4) is 0 Å². The van der Waals surface area contributed by atoms with Crippen molar-refractivity contribution in [2.24, 2.45) is 0 Å². The maximum absolute atomic E-state index is 12.0. The van der Waals surface area contributed by atoms with Gasteiger partial charge in [-0.3, -0.25) is 0 Å². The number of benzene rings is 1. The molecule has 0 bridgehead atoms. The third-order valence-corrected chi connectivity index (χ3v) is 3.99. The van der Waals surface area contributed by atoms with E-state index in [1.54, 1.807) is 18.2 Å². The van der Waals surface area contributed by atoms with Gasteiger partial charge >= 0.3 is 5.97 Å². The Kier molecular flexibility index (Phi) is 8.09. The summed E-state index contributed by atoms with van der Waals surface area (Å²) in [5, 5.41) is 0.826. The van der Waals surface area contributed by atoms with Gasteiger partial charge in [-0.25, -0.2) is 4.79 Å². The maximum atomic E-state index is 12.0. The van der Waals surface area contributed by atoms with E-state index in [2.05, 4.69) is 18.7 Å². The van der Waals surface area contributed by atoms with Crippen LogP contribution in [0.15, 0.2) is 18.2 Å². The largest absolute Gasteiger partial charge is 0.459 e. The Bertz CT molecular complexity index is 462. The van der Waals surface area contributed by atoms with Gasteiger partial charge < -0.3 is 9.64 Å². The fourth-order valence-electron chi connectivity index (χ4n) is 2.10. The monoisotopic (exact) mass is 331 g/mol. The van der Waals surface area contributed by atoms with Crippen molar-refractivity contribution in [1.82, 2.24) is 4.90 Å². The summed E-state index contributed by atoms with van der Waals surface area (Å²) in [6.45, 7) is 9.32. The third-order valence-electron chi connectivity index (χ3n) is 3.44. The Morgan fingerprint density at radius 3 is 2.52 bits per heavy atom. The standard InChI is InChI=1S/C16H23Cl2NO2/c1-4-19(5-2)10-6-7-12(3)21-16(20)14-9-8-13(17)11-15(14)18/h8-9,11-12H,4-7,10H2,1-3H3. The molecule has 118 valence electrons. The number of ether oxygens (including phenoxy) is 1. The van der Waals surface area contributed by atoms with Crippen LogP contribution in [-0.4, -0.2) is 36.6 Å². The summed E-state index contributed by atoms with van der Waals surface area (Å²) >= 11 is 11.8. The van der Waals surface area contributed by atoms with E-state index < -0.39 is 5.97 Å². The van der Waals surface area contributed by atoms with Crippen LogP contribution in [0.5, 0.6) is 0 Å². The van der Waals surface area contributed by atoms with Crippen LogP contribution in [0.4, 0.5) is 0 Å². The highest BCUT2D eigenvalue weighted by molar-refractivity contribution is 6.36. The van der Waals surface area contributed by atoms with Gasteiger partial charge in [0.15, 0.2) is 0 Å². The minimum absolute atomic E-state index is 0.125. The summed E-state index contributed by atoms with van der Waals surface area (Å²) in [5.41, 5.74) is 0.358. The number of esters is 1. The second kappa shape index (κ2) is 9.29. The molecule has 5 heteroatoms. The highest BCUT2D eigenvalue weighted by atomic mass is 35.5. The van der Waals surface area contributed by atoms with Crippen LogP contribution in [0.2, 0.25) is 10.0 Å². The van der Waals surface area contributed by atoms with Crippen LogP contribution < -0.4 is 0 Å². The fraction of sp³-hybridized carbons (Fsp3) is 0.562. The smallest absolute Gasteiger partial charge is 0.339 e. The fourth-order valence-corrected chi connectivity index (χ4v) is 2.59. The van der Waals surface area contributed by atoms with Gasteiger partial charge in [-0.2, -0.15) is 0 Å². The number of hydrogen-bond acceptors (Lipinski definition) is 3. The number of rotatable bonds is 8. The number of hydrogen-bond donors (Lipinski definition) is 0. The number of carbonyl (C=O) groups is 1. The lowest BCUT2D eigenvalue weighted by atomic mass is 10.2. The zero-order chi connectivity index (χ0) is 15.8. The molecule has 1 aromatic rings. The zero-order valence-electron chi connectivity index (χ0n) is 12.9. The molecule has 0 amide bonds. The molecule has 0 aromatic heterocycles. The normalized spacial score (nSPS) is 12.5. The lowest BCUT2D eigenvalue weighted by molar-refractivity contribution is 0.0315. The lowest BCUT2D eigenvalue weighted by Gasteiger charge is -2.19. The third kappa shape index (κ3) is 6.25. The Balaban J connectivity index is 2.43. The second-order valence-corrected chi connectivity index (χ2v) is 5.85. The lowest BCUT2D eigenvalue weighted by Crippen LogP contribution is -2.25. The first-order chi connectivity index (χ1) is 9.97. The van der Waals surface area contributed by atoms with E-state index in [1.165, 1.54) is 0 Å². The molecular formula is C16H23Cl2NO2. The molecule has 0 saturated carbocycles. The van der Waals surface area contributed by atoms with Crippen molar-refractivity contribution in [2.45, 2.75) is 39.7 Å². The van der Waals surface area contributed by atoms with Crippen LogP contribution >= 0.6 is 23.2 Å². The molecule has 1 rings (SSSR count). The van der Waals surface area contributed by atoms with Crippen LogP contribution in [0.25, 0.3) is 0 Å². The first-order valence-electron chi connectivity index (χ1n) is 7.36. The second-order valence-electron chi connectivity index (χ2n) is 5.01. The molecular weight excluding hydrogens is 309 g/mol. The van der Waals surface area contributed by atoms with Gasteiger partial charge in [-0.05, 0) is 57.6 Å². The van der Waals surface area contributed by atoms with Crippen LogP contribution in [0.1, 0.15) is 44.0 Å². The summed E-state index contributed by atoms with van der Waals surface area (Å²) in [5.74, 6) is -0.396. The molecule has 0 fully saturated rings. The summed E-state index contributed by atoms with van der Waals surface area (Å²) in [4.78, 5) is 14.4. The molecule has 0 heterocycles. The van der Waals surface area contributed by atoms with Crippen molar-refractivity contribution in [3.05, 3.63) is 33.8 Å². The number of halogens is 2. The Morgan fingerprint density at radius 1 is 1.29 bits per heavy atom. The molecule has 21 heavy (non-hydrogen) atoms. The molecule has 0 aliphatic rings. The molecule has 0 N–H and O–H groups in total. The van der Waals surface area contributed by atoms with Crippen LogP contribution in [0, 0.1) is 0 Å². The quantitative estimate of drug-likeness (QED) is 0.649. The zero-order valence-corrected chi connectivity index (χ0v) is 14.4. The van der Waals surface area contributed by atoms with E-state index in [0.29, 0.717) is 15.6 Å². The predicted molar refractivity (Wildman–Crippen MR) is 88.4 cm³/mol. The van der Waals surface area contributed by atoms with Gasteiger partial charge in [0.1, 0.15) is 0 Å². The summed E-state index contributed by atoms with van der Waals surface area (Å²) in [6.07, 6.45) is 1.72. The van der Waals surface area contributed by atoms with Crippen molar-refractivity contribution >= 4 is 29.2 Å². The Morgan fingerprint density at radius 2 is 1.95 bits per heavy atom. The van der Waals surface area contributed by atoms with Gasteiger partial charge in [-0.15, -0.1) is 0 Å². The summed E-state index contributed by atoms with van der Waals surface area (Å²) < 4.78 is 5.42. The van der Waals surface area contributed by atoms with Crippen molar-refractivity contribution in [3.63, 3.8) is 0 Å².